The second-order valence-electron chi connectivity index (χ2n) is 12.1. The lowest BCUT2D eigenvalue weighted by Gasteiger charge is -2.34. The standard InChI is InChI=1S/C36H36Cl2N4O4/c1-19-15-26(16-20(2)32(19)38)46-14-8-11-27-28-12-13-29(37)31(30-22(4)39-40(6)23(30)5)33(28)42-21(3)18-41(35(43)34(27)42)25-10-7-9-24(17-25)36(44)45/h7,9-10,12-13,15-17,21H,8,11,14,18H2,1-6H3,(H,44,45)/t21-/m1/s1. The number of benzene rings is 3. The van der Waals surface area contributed by atoms with E-state index in [9.17, 15) is 14.7 Å². The van der Waals surface area contributed by atoms with Crippen LogP contribution in [0.1, 0.15) is 68.3 Å². The number of aromatic nitrogens is 3. The summed E-state index contributed by atoms with van der Waals surface area (Å²) in [4.78, 5) is 28.0. The summed E-state index contributed by atoms with van der Waals surface area (Å²) >= 11 is 13.4. The summed E-state index contributed by atoms with van der Waals surface area (Å²) in [5.74, 6) is -0.464. The fraction of sp³-hybridized carbons (Fsp3) is 0.306. The molecule has 10 heteroatoms. The van der Waals surface area contributed by atoms with Gasteiger partial charge in [-0.2, -0.15) is 5.10 Å². The molecule has 1 aliphatic heterocycles. The summed E-state index contributed by atoms with van der Waals surface area (Å²) in [5, 5.41) is 16.6. The van der Waals surface area contributed by atoms with Crippen molar-refractivity contribution in [3.63, 3.8) is 0 Å². The number of aryl methyl sites for hydroxylation is 5. The molecule has 0 bridgehead atoms. The molecule has 0 saturated heterocycles. The zero-order valence-corrected chi connectivity index (χ0v) is 28.3. The zero-order valence-electron chi connectivity index (χ0n) is 26.7. The van der Waals surface area contributed by atoms with Crippen molar-refractivity contribution < 1.29 is 19.4 Å². The van der Waals surface area contributed by atoms with E-state index in [-0.39, 0.29) is 17.5 Å². The maximum absolute atomic E-state index is 14.5. The van der Waals surface area contributed by atoms with Crippen LogP contribution in [-0.4, -0.2) is 44.5 Å². The Morgan fingerprint density at radius 3 is 2.41 bits per heavy atom. The maximum atomic E-state index is 14.5. The van der Waals surface area contributed by atoms with Crippen molar-refractivity contribution in [3.8, 4) is 16.9 Å². The molecule has 0 radical (unpaired) electrons. The molecule has 3 heterocycles. The van der Waals surface area contributed by atoms with Gasteiger partial charge in [-0.15, -0.1) is 0 Å². The van der Waals surface area contributed by atoms with E-state index in [2.05, 4.69) is 16.6 Å². The van der Waals surface area contributed by atoms with E-state index in [1.807, 2.05) is 63.7 Å². The highest BCUT2D eigenvalue weighted by Crippen LogP contribution is 2.45. The number of hydrogen-bond acceptors (Lipinski definition) is 4. The van der Waals surface area contributed by atoms with Gasteiger partial charge in [0, 0.05) is 52.6 Å². The fourth-order valence-corrected chi connectivity index (χ4v) is 7.11. The van der Waals surface area contributed by atoms with Crippen LogP contribution in [0.4, 0.5) is 5.69 Å². The Morgan fingerprint density at radius 2 is 1.76 bits per heavy atom. The average Bonchev–Trinajstić information content (AvgIpc) is 3.48. The average molecular weight is 660 g/mol. The van der Waals surface area contributed by atoms with Crippen LogP contribution in [-0.2, 0) is 13.5 Å². The normalized spacial score (nSPS) is 14.7. The Morgan fingerprint density at radius 1 is 1.04 bits per heavy atom. The minimum Gasteiger partial charge on any atom is -0.494 e. The third-order valence-corrected chi connectivity index (χ3v) is 9.88. The Kier molecular flexibility index (Phi) is 8.38. The van der Waals surface area contributed by atoms with Gasteiger partial charge in [-0.05, 0) is 101 Å². The first-order valence-corrected chi connectivity index (χ1v) is 16.0. The Bertz CT molecular complexity index is 2020. The van der Waals surface area contributed by atoms with Crippen LogP contribution in [0.2, 0.25) is 10.0 Å². The van der Waals surface area contributed by atoms with Crippen molar-refractivity contribution in [2.75, 3.05) is 18.1 Å². The second-order valence-corrected chi connectivity index (χ2v) is 12.9. The molecule has 0 spiro atoms. The lowest BCUT2D eigenvalue weighted by atomic mass is 9.98. The number of amides is 1. The SMILES string of the molecule is Cc1cc(OCCCc2c3n(c4c(-c5c(C)nn(C)c5C)c(Cl)ccc24)[C@H](C)CN(c2cccc(C(=O)O)c2)C3=O)cc(C)c1Cl. The summed E-state index contributed by atoms with van der Waals surface area (Å²) in [7, 11) is 1.91. The first kappa shape index (κ1) is 31.7. The molecule has 0 saturated carbocycles. The van der Waals surface area contributed by atoms with Gasteiger partial charge in [-0.3, -0.25) is 9.48 Å². The van der Waals surface area contributed by atoms with Crippen molar-refractivity contribution >= 4 is 51.7 Å². The zero-order chi connectivity index (χ0) is 33.0. The molecule has 3 aromatic carbocycles. The molecule has 8 nitrogen and oxygen atoms in total. The molecule has 5 aromatic rings. The fourth-order valence-electron chi connectivity index (χ4n) is 6.76. The number of halogens is 2. The summed E-state index contributed by atoms with van der Waals surface area (Å²) in [5.41, 5.74) is 8.65. The van der Waals surface area contributed by atoms with E-state index in [4.69, 9.17) is 27.9 Å². The van der Waals surface area contributed by atoms with Crippen LogP contribution in [0.5, 0.6) is 5.75 Å². The summed E-state index contributed by atoms with van der Waals surface area (Å²) in [6, 6.07) is 14.2. The summed E-state index contributed by atoms with van der Waals surface area (Å²) in [6.07, 6.45) is 1.24. The largest absolute Gasteiger partial charge is 0.494 e. The highest BCUT2D eigenvalue weighted by Gasteiger charge is 2.37. The molecule has 1 atom stereocenters. The molecule has 1 aliphatic rings. The Labute approximate surface area is 278 Å². The van der Waals surface area contributed by atoms with Crippen LogP contribution in [0, 0.1) is 27.7 Å². The molecule has 0 aliphatic carbocycles. The summed E-state index contributed by atoms with van der Waals surface area (Å²) < 4.78 is 10.1. The third-order valence-electron chi connectivity index (χ3n) is 8.97. The minimum absolute atomic E-state index is 0.130. The lowest BCUT2D eigenvalue weighted by Crippen LogP contribution is -2.42. The van der Waals surface area contributed by atoms with Gasteiger partial charge in [0.15, 0.2) is 0 Å². The molecule has 46 heavy (non-hydrogen) atoms. The molecular weight excluding hydrogens is 623 g/mol. The van der Waals surface area contributed by atoms with Gasteiger partial charge >= 0.3 is 5.97 Å². The molecule has 0 fully saturated rings. The van der Waals surface area contributed by atoms with E-state index in [1.54, 1.807) is 23.1 Å². The van der Waals surface area contributed by atoms with Crippen molar-refractivity contribution in [1.82, 2.24) is 14.3 Å². The monoisotopic (exact) mass is 658 g/mol. The maximum Gasteiger partial charge on any atom is 0.335 e. The lowest BCUT2D eigenvalue weighted by molar-refractivity contribution is 0.0696. The van der Waals surface area contributed by atoms with Crippen LogP contribution in [0.3, 0.4) is 0 Å². The number of carboxylic acids is 1. The molecular formula is C36H36Cl2N4O4. The summed E-state index contributed by atoms with van der Waals surface area (Å²) in [6.45, 7) is 10.8. The van der Waals surface area contributed by atoms with Gasteiger partial charge in [0.05, 0.1) is 28.4 Å². The number of aromatic carboxylic acids is 1. The van der Waals surface area contributed by atoms with Gasteiger partial charge in [-0.25, -0.2) is 4.79 Å². The molecule has 6 rings (SSSR count). The van der Waals surface area contributed by atoms with Crippen LogP contribution in [0.15, 0.2) is 48.5 Å². The molecule has 2 aromatic heterocycles. The predicted octanol–water partition coefficient (Wildman–Crippen LogP) is 8.51. The number of carbonyl (C=O) groups excluding carboxylic acids is 1. The number of carboxylic acid groups (broad SMARTS) is 1. The number of fused-ring (bicyclic) bond motifs is 3. The van der Waals surface area contributed by atoms with Crippen molar-refractivity contribution in [2.24, 2.45) is 7.05 Å². The quantitative estimate of drug-likeness (QED) is 0.169. The van der Waals surface area contributed by atoms with Crippen molar-refractivity contribution in [2.45, 2.75) is 53.5 Å². The highest BCUT2D eigenvalue weighted by atomic mass is 35.5. The van der Waals surface area contributed by atoms with Crippen LogP contribution < -0.4 is 9.64 Å². The van der Waals surface area contributed by atoms with Crippen LogP contribution >= 0.6 is 23.2 Å². The first-order valence-electron chi connectivity index (χ1n) is 15.3. The topological polar surface area (TPSA) is 89.6 Å². The van der Waals surface area contributed by atoms with E-state index >= 15 is 0 Å². The first-order chi connectivity index (χ1) is 21.9. The number of anilines is 1. The van der Waals surface area contributed by atoms with Gasteiger partial charge in [0.25, 0.3) is 5.91 Å². The minimum atomic E-state index is -1.04. The van der Waals surface area contributed by atoms with E-state index < -0.39 is 5.97 Å². The predicted molar refractivity (Wildman–Crippen MR) is 183 cm³/mol. The molecule has 1 N–H and O–H groups in total. The van der Waals surface area contributed by atoms with E-state index in [1.165, 1.54) is 6.07 Å². The van der Waals surface area contributed by atoms with Gasteiger partial charge < -0.3 is 19.3 Å². The number of nitrogens with zero attached hydrogens (tertiary/aromatic N) is 4. The highest BCUT2D eigenvalue weighted by molar-refractivity contribution is 6.35. The van der Waals surface area contributed by atoms with Crippen LogP contribution in [0.25, 0.3) is 22.0 Å². The number of rotatable bonds is 8. The molecule has 0 unspecified atom stereocenters. The van der Waals surface area contributed by atoms with Gasteiger partial charge in [-0.1, -0.05) is 35.3 Å². The Hall–Kier alpha value is -4.27. The van der Waals surface area contributed by atoms with Crippen molar-refractivity contribution in [3.05, 3.63) is 97.9 Å². The van der Waals surface area contributed by atoms with E-state index in [0.29, 0.717) is 42.4 Å². The second kappa shape index (κ2) is 12.2. The number of hydrogen-bond donors (Lipinski definition) is 1. The smallest absolute Gasteiger partial charge is 0.335 e. The number of carbonyl (C=O) groups is 2. The molecule has 238 valence electrons. The van der Waals surface area contributed by atoms with Gasteiger partial charge in [0.2, 0.25) is 0 Å². The third kappa shape index (κ3) is 5.33. The number of ether oxygens (including phenoxy) is 1. The van der Waals surface area contributed by atoms with Gasteiger partial charge in [0.1, 0.15) is 11.4 Å². The molecule has 1 amide bonds. The van der Waals surface area contributed by atoms with Crippen molar-refractivity contribution in [1.29, 1.82) is 0 Å². The van der Waals surface area contributed by atoms with E-state index in [0.717, 1.165) is 60.9 Å². The Balaban J connectivity index is 1.48.